The molecule has 1 aliphatic carbocycles. The number of fused-ring (bicyclic) bond motifs is 3. The van der Waals surface area contributed by atoms with Gasteiger partial charge in [-0.15, -0.1) is 0 Å². The highest BCUT2D eigenvalue weighted by molar-refractivity contribution is 5.23. The molecule has 1 aliphatic heterocycles. The quantitative estimate of drug-likeness (QED) is 0.764. The molecule has 0 saturated carbocycles. The van der Waals surface area contributed by atoms with Crippen LogP contribution in [0.5, 0.6) is 0 Å². The average molecular weight is 247 g/mol. The molecule has 0 amide bonds. The van der Waals surface area contributed by atoms with E-state index in [9.17, 15) is 0 Å². The van der Waals surface area contributed by atoms with E-state index >= 15 is 0 Å². The molecule has 1 aromatic rings. The molecule has 2 unspecified atom stereocenters. The summed E-state index contributed by atoms with van der Waals surface area (Å²) >= 11 is 0. The highest BCUT2D eigenvalue weighted by atomic mass is 15.1. The Morgan fingerprint density at radius 1 is 1.22 bits per heavy atom. The van der Waals surface area contributed by atoms with Gasteiger partial charge in [0, 0.05) is 24.7 Å². The average Bonchev–Trinajstić information content (AvgIpc) is 2.65. The molecular formula is C15H25N3. The van der Waals surface area contributed by atoms with Crippen LogP contribution in [0.1, 0.15) is 50.8 Å². The third-order valence-corrected chi connectivity index (χ3v) is 4.78. The Morgan fingerprint density at radius 3 is 2.72 bits per heavy atom. The van der Waals surface area contributed by atoms with Gasteiger partial charge in [0.05, 0.1) is 5.69 Å². The van der Waals surface area contributed by atoms with Gasteiger partial charge in [0.15, 0.2) is 0 Å². The van der Waals surface area contributed by atoms with Crippen LogP contribution in [-0.2, 0) is 25.8 Å². The van der Waals surface area contributed by atoms with Crippen LogP contribution in [0, 0.1) is 11.3 Å². The van der Waals surface area contributed by atoms with Gasteiger partial charge in [0.1, 0.15) is 5.82 Å². The van der Waals surface area contributed by atoms with E-state index in [4.69, 9.17) is 10.7 Å². The fourth-order valence-electron chi connectivity index (χ4n) is 3.45. The second-order valence-corrected chi connectivity index (χ2v) is 7.14. The third-order valence-electron chi connectivity index (χ3n) is 4.78. The Morgan fingerprint density at radius 2 is 2.00 bits per heavy atom. The molecule has 3 nitrogen and oxygen atoms in total. The lowest BCUT2D eigenvalue weighted by atomic mass is 9.72. The molecular weight excluding hydrogens is 222 g/mol. The number of imidazole rings is 1. The first kappa shape index (κ1) is 12.2. The van der Waals surface area contributed by atoms with Crippen molar-refractivity contribution in [2.45, 2.75) is 65.5 Å². The largest absolute Gasteiger partial charge is 0.330 e. The van der Waals surface area contributed by atoms with Crippen LogP contribution in [0.25, 0.3) is 0 Å². The highest BCUT2D eigenvalue weighted by Crippen LogP contribution is 2.38. The van der Waals surface area contributed by atoms with Crippen molar-refractivity contribution in [3.63, 3.8) is 0 Å². The molecule has 0 spiro atoms. The number of rotatable bonds is 0. The highest BCUT2D eigenvalue weighted by Gasteiger charge is 2.33. The van der Waals surface area contributed by atoms with Gasteiger partial charge in [-0.1, -0.05) is 20.8 Å². The second kappa shape index (κ2) is 4.09. The number of aryl methyl sites for hydroxylation is 2. The van der Waals surface area contributed by atoms with E-state index in [0.29, 0.717) is 11.5 Å². The normalized spacial score (nSPS) is 27.8. The van der Waals surface area contributed by atoms with Crippen LogP contribution in [0.15, 0.2) is 0 Å². The van der Waals surface area contributed by atoms with Crippen molar-refractivity contribution in [2.24, 2.45) is 17.1 Å². The van der Waals surface area contributed by atoms with E-state index in [-0.39, 0.29) is 0 Å². The molecule has 2 N–H and O–H groups in total. The fraction of sp³-hybridized carbons (Fsp3) is 0.800. The van der Waals surface area contributed by atoms with Crippen LogP contribution in [-0.4, -0.2) is 15.6 Å². The van der Waals surface area contributed by atoms with Gasteiger partial charge in [-0.2, -0.15) is 0 Å². The maximum Gasteiger partial charge on any atom is 0.109 e. The molecule has 0 radical (unpaired) electrons. The summed E-state index contributed by atoms with van der Waals surface area (Å²) in [5.74, 6) is 2.07. The predicted octanol–water partition coefficient (Wildman–Crippen LogP) is 2.31. The summed E-state index contributed by atoms with van der Waals surface area (Å²) in [6, 6.07) is 0.325. The molecule has 3 rings (SSSR count). The molecule has 0 aromatic carbocycles. The lowest BCUT2D eigenvalue weighted by Crippen LogP contribution is -2.34. The van der Waals surface area contributed by atoms with E-state index in [1.54, 1.807) is 0 Å². The summed E-state index contributed by atoms with van der Waals surface area (Å²) in [5.41, 5.74) is 9.37. The summed E-state index contributed by atoms with van der Waals surface area (Å²) in [6.45, 7) is 8.07. The number of hydrogen-bond acceptors (Lipinski definition) is 2. The number of aromatic nitrogens is 2. The summed E-state index contributed by atoms with van der Waals surface area (Å²) in [6.07, 6.45) is 5.80. The Hall–Kier alpha value is -0.830. The monoisotopic (exact) mass is 247 g/mol. The van der Waals surface area contributed by atoms with E-state index in [1.807, 2.05) is 0 Å². The molecule has 100 valence electrons. The molecule has 1 aromatic heterocycles. The van der Waals surface area contributed by atoms with Crippen molar-refractivity contribution in [1.29, 1.82) is 0 Å². The van der Waals surface area contributed by atoms with Gasteiger partial charge in [0.2, 0.25) is 0 Å². The SMILES string of the molecule is CC(C)(C)C1CCc2nc3n(c2C1)CC(N)CC3. The van der Waals surface area contributed by atoms with Crippen molar-refractivity contribution in [2.75, 3.05) is 0 Å². The van der Waals surface area contributed by atoms with E-state index < -0.39 is 0 Å². The van der Waals surface area contributed by atoms with Crippen LogP contribution in [0.3, 0.4) is 0 Å². The zero-order valence-corrected chi connectivity index (χ0v) is 11.9. The fourth-order valence-corrected chi connectivity index (χ4v) is 3.45. The minimum Gasteiger partial charge on any atom is -0.330 e. The van der Waals surface area contributed by atoms with Gasteiger partial charge in [-0.25, -0.2) is 4.98 Å². The number of nitrogens with two attached hydrogens (primary N) is 1. The summed E-state index contributed by atoms with van der Waals surface area (Å²) in [4.78, 5) is 4.85. The topological polar surface area (TPSA) is 43.8 Å². The van der Waals surface area contributed by atoms with E-state index in [2.05, 4.69) is 25.3 Å². The van der Waals surface area contributed by atoms with Crippen molar-refractivity contribution in [3.8, 4) is 0 Å². The second-order valence-electron chi connectivity index (χ2n) is 7.14. The Bertz CT molecular complexity index is 453. The smallest absolute Gasteiger partial charge is 0.109 e. The molecule has 2 heterocycles. The van der Waals surface area contributed by atoms with Crippen molar-refractivity contribution >= 4 is 0 Å². The van der Waals surface area contributed by atoms with E-state index in [1.165, 1.54) is 30.1 Å². The summed E-state index contributed by atoms with van der Waals surface area (Å²) in [5, 5.41) is 0. The van der Waals surface area contributed by atoms with E-state index in [0.717, 1.165) is 31.7 Å². The maximum atomic E-state index is 6.11. The first-order valence-electron chi connectivity index (χ1n) is 7.28. The molecule has 18 heavy (non-hydrogen) atoms. The molecule has 0 fully saturated rings. The molecule has 0 bridgehead atoms. The van der Waals surface area contributed by atoms with Gasteiger partial charge in [0.25, 0.3) is 0 Å². The first-order valence-corrected chi connectivity index (χ1v) is 7.28. The van der Waals surface area contributed by atoms with Gasteiger partial charge in [-0.3, -0.25) is 0 Å². The summed E-state index contributed by atoms with van der Waals surface area (Å²) in [7, 11) is 0. The van der Waals surface area contributed by atoms with Crippen LogP contribution < -0.4 is 5.73 Å². The molecule has 2 atom stereocenters. The Kier molecular flexibility index (Phi) is 2.77. The Balaban J connectivity index is 1.93. The minimum absolute atomic E-state index is 0.325. The maximum absolute atomic E-state index is 6.11. The van der Waals surface area contributed by atoms with Crippen molar-refractivity contribution in [3.05, 3.63) is 17.2 Å². The first-order chi connectivity index (χ1) is 8.45. The standard InChI is InChI=1S/C15H25N3/c1-15(2,3)10-4-6-12-13(8-10)18-9-11(16)5-7-14(18)17-12/h10-11H,4-9,16H2,1-3H3. The Labute approximate surface area is 110 Å². The zero-order chi connectivity index (χ0) is 12.9. The van der Waals surface area contributed by atoms with Crippen molar-refractivity contribution in [1.82, 2.24) is 9.55 Å². The van der Waals surface area contributed by atoms with Gasteiger partial charge in [-0.05, 0) is 37.0 Å². The number of nitrogens with zero attached hydrogens (tertiary/aromatic N) is 2. The molecule has 3 heteroatoms. The molecule has 2 aliphatic rings. The van der Waals surface area contributed by atoms with Crippen LogP contribution >= 0.6 is 0 Å². The van der Waals surface area contributed by atoms with Crippen LogP contribution in [0.4, 0.5) is 0 Å². The zero-order valence-electron chi connectivity index (χ0n) is 11.9. The predicted molar refractivity (Wildman–Crippen MR) is 73.5 cm³/mol. The molecule has 0 saturated heterocycles. The van der Waals surface area contributed by atoms with Gasteiger partial charge >= 0.3 is 0 Å². The third kappa shape index (κ3) is 1.99. The lowest BCUT2D eigenvalue weighted by Gasteiger charge is -2.34. The lowest BCUT2D eigenvalue weighted by molar-refractivity contribution is 0.210. The minimum atomic E-state index is 0.325. The number of hydrogen-bond donors (Lipinski definition) is 1. The van der Waals surface area contributed by atoms with Crippen LogP contribution in [0.2, 0.25) is 0 Å². The van der Waals surface area contributed by atoms with Gasteiger partial charge < -0.3 is 10.3 Å². The van der Waals surface area contributed by atoms with Crippen molar-refractivity contribution < 1.29 is 0 Å². The summed E-state index contributed by atoms with van der Waals surface area (Å²) < 4.78 is 2.43.